The highest BCUT2D eigenvalue weighted by atomic mass is 35.5. The Morgan fingerprint density at radius 3 is 2.44 bits per heavy atom. The number of benzene rings is 2. The molecule has 3 aromatic rings. The van der Waals surface area contributed by atoms with Crippen molar-refractivity contribution in [3.05, 3.63) is 70.7 Å². The zero-order valence-electron chi connectivity index (χ0n) is 14.9. The second-order valence-electron chi connectivity index (χ2n) is 6.52. The molecule has 0 N–H and O–H groups in total. The Morgan fingerprint density at radius 1 is 0.926 bits per heavy atom. The zero-order chi connectivity index (χ0) is 18.5. The number of piperazine rings is 1. The van der Waals surface area contributed by atoms with Gasteiger partial charge in [-0.25, -0.2) is 0 Å². The predicted molar refractivity (Wildman–Crippen MR) is 110 cm³/mol. The van der Waals surface area contributed by atoms with Crippen molar-refractivity contribution in [3.8, 4) is 5.88 Å². The van der Waals surface area contributed by atoms with Crippen LogP contribution in [0.3, 0.4) is 0 Å². The molecular weight excluding hydrogens is 380 g/mol. The van der Waals surface area contributed by atoms with E-state index >= 15 is 0 Å². The van der Waals surface area contributed by atoms with Gasteiger partial charge in [0.15, 0.2) is 0 Å². The molecule has 1 aromatic heterocycles. The highest BCUT2D eigenvalue weighted by molar-refractivity contribution is 6.99. The topological polar surface area (TPSA) is 41.5 Å². The second-order valence-corrected chi connectivity index (χ2v) is 7.46. The van der Waals surface area contributed by atoms with Crippen LogP contribution in [0.15, 0.2) is 54.6 Å². The summed E-state index contributed by atoms with van der Waals surface area (Å²) in [6.07, 6.45) is 0. The molecule has 140 valence electrons. The van der Waals surface area contributed by atoms with Crippen LogP contribution in [0, 0.1) is 0 Å². The molecule has 0 aliphatic carbocycles. The first-order valence-electron chi connectivity index (χ1n) is 8.99. The minimum Gasteiger partial charge on any atom is -0.469 e. The van der Waals surface area contributed by atoms with Crippen molar-refractivity contribution in [1.29, 1.82) is 0 Å². The molecule has 0 amide bonds. The average Bonchev–Trinajstić information content (AvgIpc) is 3.17. The summed E-state index contributed by atoms with van der Waals surface area (Å²) in [6.45, 7) is 5.21. The fourth-order valence-electron chi connectivity index (χ4n) is 3.18. The molecule has 0 unspecified atom stereocenters. The molecule has 4 rings (SSSR count). The van der Waals surface area contributed by atoms with Gasteiger partial charge in [-0.3, -0.25) is 4.90 Å². The first-order chi connectivity index (χ1) is 13.3. The number of hydrogen-bond acceptors (Lipinski definition) is 6. The van der Waals surface area contributed by atoms with E-state index in [4.69, 9.17) is 16.3 Å². The Bertz CT molecular complexity index is 865. The lowest BCUT2D eigenvalue weighted by atomic mass is 10.2. The Morgan fingerprint density at radius 2 is 1.67 bits per heavy atom. The molecule has 0 spiro atoms. The third-order valence-electron chi connectivity index (χ3n) is 4.69. The minimum absolute atomic E-state index is 0.395. The van der Waals surface area contributed by atoms with E-state index in [1.165, 1.54) is 17.3 Å². The number of halogens is 1. The average molecular weight is 401 g/mol. The van der Waals surface area contributed by atoms with Crippen molar-refractivity contribution in [2.45, 2.75) is 13.2 Å². The number of hydrogen-bond donors (Lipinski definition) is 0. The quantitative estimate of drug-likeness (QED) is 0.623. The summed E-state index contributed by atoms with van der Waals surface area (Å²) in [5.41, 5.74) is 2.30. The summed E-state index contributed by atoms with van der Waals surface area (Å²) in [4.78, 5) is 4.73. The van der Waals surface area contributed by atoms with Crippen molar-refractivity contribution in [2.75, 3.05) is 31.1 Å². The van der Waals surface area contributed by atoms with Crippen LogP contribution < -0.4 is 9.64 Å². The van der Waals surface area contributed by atoms with E-state index in [-0.39, 0.29) is 0 Å². The van der Waals surface area contributed by atoms with Crippen LogP contribution in [-0.4, -0.2) is 39.8 Å². The molecule has 1 aliphatic heterocycles. The smallest absolute Gasteiger partial charge is 0.271 e. The molecule has 7 heteroatoms. The monoisotopic (exact) mass is 400 g/mol. The molecule has 2 aromatic carbocycles. The number of aromatic nitrogens is 2. The molecule has 0 bridgehead atoms. The molecule has 2 heterocycles. The maximum absolute atomic E-state index is 6.21. The van der Waals surface area contributed by atoms with Gasteiger partial charge in [0.05, 0.1) is 11.7 Å². The lowest BCUT2D eigenvalue weighted by molar-refractivity contribution is 0.247. The molecule has 5 nitrogen and oxygen atoms in total. The summed E-state index contributed by atoms with van der Waals surface area (Å²) in [5, 5.41) is 0.705. The number of nitrogens with zero attached hydrogens (tertiary/aromatic N) is 4. The van der Waals surface area contributed by atoms with Crippen LogP contribution in [0.1, 0.15) is 11.1 Å². The van der Waals surface area contributed by atoms with Crippen LogP contribution in [-0.2, 0) is 13.2 Å². The lowest BCUT2D eigenvalue weighted by Gasteiger charge is -2.34. The summed E-state index contributed by atoms with van der Waals surface area (Å²) in [5.74, 6) is 1.43. The lowest BCUT2D eigenvalue weighted by Crippen LogP contribution is -2.46. The number of ether oxygens (including phenoxy) is 1. The maximum Gasteiger partial charge on any atom is 0.271 e. The van der Waals surface area contributed by atoms with E-state index in [0.717, 1.165) is 44.1 Å². The Kier molecular flexibility index (Phi) is 5.87. The zero-order valence-corrected chi connectivity index (χ0v) is 16.5. The number of anilines is 1. The van der Waals surface area contributed by atoms with Gasteiger partial charge in [-0.1, -0.05) is 60.1 Å². The van der Waals surface area contributed by atoms with E-state index in [0.29, 0.717) is 17.5 Å². The summed E-state index contributed by atoms with van der Waals surface area (Å²) in [6, 6.07) is 18.3. The minimum atomic E-state index is 0.395. The van der Waals surface area contributed by atoms with Gasteiger partial charge in [0.25, 0.3) is 5.88 Å². The van der Waals surface area contributed by atoms with E-state index < -0.39 is 0 Å². The van der Waals surface area contributed by atoms with Gasteiger partial charge in [0, 0.05) is 43.3 Å². The standard InChI is InChI=1S/C20H21ClN4OS/c21-18-9-5-4-8-17(18)15-26-20-19(22-27-23-20)25-12-10-24(11-13-25)14-16-6-2-1-3-7-16/h1-9H,10-15H2. The fraction of sp³-hybridized carbons (Fsp3) is 0.300. The molecule has 27 heavy (non-hydrogen) atoms. The fourth-order valence-corrected chi connectivity index (χ4v) is 3.89. The molecular formula is C20H21ClN4OS. The van der Waals surface area contributed by atoms with Crippen molar-refractivity contribution in [2.24, 2.45) is 0 Å². The van der Waals surface area contributed by atoms with E-state index in [1.807, 2.05) is 24.3 Å². The maximum atomic E-state index is 6.21. The Hall–Kier alpha value is -2.15. The molecule has 1 saturated heterocycles. The van der Waals surface area contributed by atoms with E-state index in [1.54, 1.807) is 0 Å². The Balaban J connectivity index is 1.34. The van der Waals surface area contributed by atoms with Gasteiger partial charge in [-0.15, -0.1) is 4.37 Å². The van der Waals surface area contributed by atoms with Crippen LogP contribution >= 0.6 is 23.3 Å². The molecule has 1 fully saturated rings. The van der Waals surface area contributed by atoms with Gasteiger partial charge < -0.3 is 9.64 Å². The van der Waals surface area contributed by atoms with Gasteiger partial charge >= 0.3 is 0 Å². The highest BCUT2D eigenvalue weighted by Gasteiger charge is 2.23. The Labute approximate surface area is 168 Å². The van der Waals surface area contributed by atoms with Crippen molar-refractivity contribution < 1.29 is 4.74 Å². The third kappa shape index (κ3) is 4.58. The summed E-state index contributed by atoms with van der Waals surface area (Å²) < 4.78 is 14.7. The number of rotatable bonds is 6. The van der Waals surface area contributed by atoms with Gasteiger partial charge in [-0.2, -0.15) is 4.37 Å². The van der Waals surface area contributed by atoms with Crippen molar-refractivity contribution in [3.63, 3.8) is 0 Å². The summed E-state index contributed by atoms with van der Waals surface area (Å²) in [7, 11) is 0. The molecule has 0 atom stereocenters. The largest absolute Gasteiger partial charge is 0.469 e. The van der Waals surface area contributed by atoms with Gasteiger partial charge in [-0.05, 0) is 11.6 Å². The van der Waals surface area contributed by atoms with Crippen molar-refractivity contribution in [1.82, 2.24) is 13.6 Å². The SMILES string of the molecule is Clc1ccccc1COc1nsnc1N1CCN(Cc2ccccc2)CC1. The molecule has 0 radical (unpaired) electrons. The second kappa shape index (κ2) is 8.69. The van der Waals surface area contributed by atoms with E-state index in [2.05, 4.69) is 48.9 Å². The van der Waals surface area contributed by atoms with Crippen LogP contribution in [0.5, 0.6) is 5.88 Å². The molecule has 0 saturated carbocycles. The van der Waals surface area contributed by atoms with E-state index in [9.17, 15) is 0 Å². The van der Waals surface area contributed by atoms with Crippen LogP contribution in [0.25, 0.3) is 0 Å². The van der Waals surface area contributed by atoms with Crippen LogP contribution in [0.4, 0.5) is 5.82 Å². The highest BCUT2D eigenvalue weighted by Crippen LogP contribution is 2.28. The normalized spacial score (nSPS) is 15.1. The first kappa shape index (κ1) is 18.2. The molecule has 1 aliphatic rings. The van der Waals surface area contributed by atoms with Crippen LogP contribution in [0.2, 0.25) is 5.02 Å². The third-order valence-corrected chi connectivity index (χ3v) is 5.56. The van der Waals surface area contributed by atoms with Crippen molar-refractivity contribution >= 4 is 29.1 Å². The van der Waals surface area contributed by atoms with Gasteiger partial charge in [0.1, 0.15) is 6.61 Å². The first-order valence-corrected chi connectivity index (χ1v) is 10.1. The summed E-state index contributed by atoms with van der Waals surface area (Å²) >= 11 is 7.40. The predicted octanol–water partition coefficient (Wildman–Crippen LogP) is 4.09. The van der Waals surface area contributed by atoms with Gasteiger partial charge in [0.2, 0.25) is 5.82 Å².